The third-order valence-corrected chi connectivity index (χ3v) is 2.66. The number of nitrogens with one attached hydrogen (secondary N) is 1. The number of hydrogen-bond acceptors (Lipinski definition) is 5. The molecule has 4 nitrogen and oxygen atoms in total. The van der Waals surface area contributed by atoms with Gasteiger partial charge in [-0.2, -0.15) is 4.37 Å². The lowest BCUT2D eigenvalue weighted by molar-refractivity contribution is 0.991. The highest BCUT2D eigenvalue weighted by atomic mass is 32.1. The molecule has 0 atom stereocenters. The molecule has 2 aromatic rings. The Hall–Kier alpha value is -1.49. The minimum absolute atomic E-state index is 0.742. The second kappa shape index (κ2) is 4.84. The van der Waals surface area contributed by atoms with Crippen LogP contribution < -0.4 is 5.32 Å². The molecule has 0 aromatic carbocycles. The second-order valence-electron chi connectivity index (χ2n) is 3.08. The number of pyridine rings is 1. The summed E-state index contributed by atoms with van der Waals surface area (Å²) in [5.74, 6) is 0.897. The summed E-state index contributed by atoms with van der Waals surface area (Å²) in [4.78, 5) is 8.37. The van der Waals surface area contributed by atoms with Gasteiger partial charge in [-0.1, -0.05) is 13.0 Å². The summed E-state index contributed by atoms with van der Waals surface area (Å²) < 4.78 is 4.20. The zero-order valence-corrected chi connectivity index (χ0v) is 9.29. The van der Waals surface area contributed by atoms with Gasteiger partial charge >= 0.3 is 0 Å². The van der Waals surface area contributed by atoms with Crippen LogP contribution in [0.25, 0.3) is 0 Å². The van der Waals surface area contributed by atoms with Crippen molar-refractivity contribution >= 4 is 16.7 Å². The van der Waals surface area contributed by atoms with E-state index in [2.05, 4.69) is 19.7 Å². The van der Waals surface area contributed by atoms with E-state index in [-0.39, 0.29) is 0 Å². The molecule has 0 unspecified atom stereocenters. The molecule has 1 N–H and O–H groups in total. The maximum Gasteiger partial charge on any atom is 0.202 e. The van der Waals surface area contributed by atoms with Crippen molar-refractivity contribution in [2.24, 2.45) is 0 Å². The summed E-state index contributed by atoms with van der Waals surface area (Å²) in [7, 11) is 0. The molecule has 2 aromatic heterocycles. The van der Waals surface area contributed by atoms with Gasteiger partial charge < -0.3 is 5.32 Å². The predicted molar refractivity (Wildman–Crippen MR) is 60.9 cm³/mol. The zero-order chi connectivity index (χ0) is 10.5. The first-order chi connectivity index (χ1) is 7.38. The van der Waals surface area contributed by atoms with Crippen LogP contribution in [0, 0.1) is 0 Å². The molecule has 0 saturated carbocycles. The van der Waals surface area contributed by atoms with Crippen LogP contribution in [-0.2, 0) is 13.0 Å². The fourth-order valence-corrected chi connectivity index (χ4v) is 1.79. The lowest BCUT2D eigenvalue weighted by Crippen LogP contribution is -1.99. The number of hydrogen-bond donors (Lipinski definition) is 1. The van der Waals surface area contributed by atoms with Crippen LogP contribution >= 0.6 is 11.5 Å². The Morgan fingerprint density at radius 2 is 2.40 bits per heavy atom. The first kappa shape index (κ1) is 10.0. The van der Waals surface area contributed by atoms with E-state index >= 15 is 0 Å². The minimum Gasteiger partial charge on any atom is -0.356 e. The summed E-state index contributed by atoms with van der Waals surface area (Å²) in [5.41, 5.74) is 1.14. The summed E-state index contributed by atoms with van der Waals surface area (Å²) in [5, 5.41) is 4.09. The van der Waals surface area contributed by atoms with E-state index in [0.717, 1.165) is 29.5 Å². The van der Waals surface area contributed by atoms with Crippen LogP contribution in [0.5, 0.6) is 0 Å². The molecular formula is C10H12N4S. The summed E-state index contributed by atoms with van der Waals surface area (Å²) in [6.07, 6.45) is 4.49. The van der Waals surface area contributed by atoms with Gasteiger partial charge in [-0.05, 0) is 11.6 Å². The molecule has 0 radical (unpaired) electrons. The number of nitrogens with zero attached hydrogens (tertiary/aromatic N) is 3. The van der Waals surface area contributed by atoms with Gasteiger partial charge in [-0.3, -0.25) is 4.98 Å². The van der Waals surface area contributed by atoms with Crippen molar-refractivity contribution in [1.29, 1.82) is 0 Å². The molecule has 15 heavy (non-hydrogen) atoms. The van der Waals surface area contributed by atoms with E-state index in [1.807, 2.05) is 25.3 Å². The van der Waals surface area contributed by atoms with Crippen molar-refractivity contribution in [3.63, 3.8) is 0 Å². The minimum atomic E-state index is 0.742. The Bertz CT molecular complexity index is 412. The topological polar surface area (TPSA) is 50.7 Å². The van der Waals surface area contributed by atoms with Crippen molar-refractivity contribution in [1.82, 2.24) is 14.3 Å². The number of anilines is 1. The molecule has 0 amide bonds. The summed E-state index contributed by atoms with van der Waals surface area (Å²) >= 11 is 1.40. The van der Waals surface area contributed by atoms with Crippen molar-refractivity contribution < 1.29 is 0 Å². The molecular weight excluding hydrogens is 208 g/mol. The lowest BCUT2D eigenvalue weighted by Gasteiger charge is -2.00. The number of rotatable bonds is 4. The molecule has 0 bridgehead atoms. The Morgan fingerprint density at radius 3 is 3.07 bits per heavy atom. The molecule has 2 heterocycles. The maximum atomic E-state index is 4.32. The summed E-state index contributed by atoms with van der Waals surface area (Å²) in [6.45, 7) is 2.79. The molecule has 0 saturated heterocycles. The summed E-state index contributed by atoms with van der Waals surface area (Å²) in [6, 6.07) is 3.95. The highest BCUT2D eigenvalue weighted by molar-refractivity contribution is 7.09. The quantitative estimate of drug-likeness (QED) is 0.857. The van der Waals surface area contributed by atoms with E-state index in [0.29, 0.717) is 0 Å². The highest BCUT2D eigenvalue weighted by Crippen LogP contribution is 2.12. The van der Waals surface area contributed by atoms with Crippen molar-refractivity contribution in [2.75, 3.05) is 5.32 Å². The monoisotopic (exact) mass is 220 g/mol. The maximum absolute atomic E-state index is 4.32. The van der Waals surface area contributed by atoms with Crippen LogP contribution in [0.3, 0.4) is 0 Å². The molecule has 0 aliphatic carbocycles. The molecule has 78 valence electrons. The van der Waals surface area contributed by atoms with Crippen molar-refractivity contribution in [3.8, 4) is 0 Å². The van der Waals surface area contributed by atoms with Crippen LogP contribution in [-0.4, -0.2) is 14.3 Å². The fourth-order valence-electron chi connectivity index (χ4n) is 1.15. The van der Waals surface area contributed by atoms with Gasteiger partial charge in [0.05, 0.1) is 0 Å². The molecule has 5 heteroatoms. The van der Waals surface area contributed by atoms with Crippen molar-refractivity contribution in [3.05, 3.63) is 35.9 Å². The van der Waals surface area contributed by atoms with Crippen LogP contribution in [0.1, 0.15) is 18.3 Å². The Morgan fingerprint density at radius 1 is 1.47 bits per heavy atom. The van der Waals surface area contributed by atoms with Gasteiger partial charge in [0.2, 0.25) is 5.13 Å². The Balaban J connectivity index is 1.93. The fraction of sp³-hybridized carbons (Fsp3) is 0.300. The molecule has 2 rings (SSSR count). The Kier molecular flexibility index (Phi) is 3.24. The van der Waals surface area contributed by atoms with E-state index < -0.39 is 0 Å². The largest absolute Gasteiger partial charge is 0.356 e. The standard InChI is InChI=1S/C10H12N4S/c1-2-9-13-10(15-14-9)12-7-8-4-3-5-11-6-8/h3-6H,2,7H2,1H3,(H,12,13,14). The third-order valence-electron chi connectivity index (χ3n) is 1.95. The van der Waals surface area contributed by atoms with Crippen LogP contribution in [0.15, 0.2) is 24.5 Å². The van der Waals surface area contributed by atoms with Crippen LogP contribution in [0.4, 0.5) is 5.13 Å². The second-order valence-corrected chi connectivity index (χ2v) is 3.84. The van der Waals surface area contributed by atoms with Gasteiger partial charge in [0.1, 0.15) is 5.82 Å². The van der Waals surface area contributed by atoms with E-state index in [4.69, 9.17) is 0 Å². The first-order valence-corrected chi connectivity index (χ1v) is 5.61. The smallest absolute Gasteiger partial charge is 0.202 e. The average Bonchev–Trinajstić information content (AvgIpc) is 2.76. The highest BCUT2D eigenvalue weighted by Gasteiger charge is 2.00. The van der Waals surface area contributed by atoms with E-state index in [1.165, 1.54) is 11.5 Å². The molecule has 0 fully saturated rings. The van der Waals surface area contributed by atoms with Gasteiger partial charge in [0.15, 0.2) is 0 Å². The average molecular weight is 220 g/mol. The molecule has 0 aliphatic rings. The number of aryl methyl sites for hydroxylation is 1. The predicted octanol–water partition coefficient (Wildman–Crippen LogP) is 2.11. The van der Waals surface area contributed by atoms with Gasteiger partial charge in [0.25, 0.3) is 0 Å². The van der Waals surface area contributed by atoms with E-state index in [9.17, 15) is 0 Å². The third kappa shape index (κ3) is 2.73. The van der Waals surface area contributed by atoms with Crippen molar-refractivity contribution in [2.45, 2.75) is 19.9 Å². The normalized spacial score (nSPS) is 10.2. The van der Waals surface area contributed by atoms with Gasteiger partial charge in [-0.15, -0.1) is 0 Å². The number of aromatic nitrogens is 3. The molecule has 0 aliphatic heterocycles. The van der Waals surface area contributed by atoms with Gasteiger partial charge in [0, 0.05) is 36.9 Å². The Labute approximate surface area is 92.6 Å². The first-order valence-electron chi connectivity index (χ1n) is 4.84. The van der Waals surface area contributed by atoms with Crippen LogP contribution in [0.2, 0.25) is 0 Å². The van der Waals surface area contributed by atoms with E-state index in [1.54, 1.807) is 6.20 Å². The lowest BCUT2D eigenvalue weighted by atomic mass is 10.3. The zero-order valence-electron chi connectivity index (χ0n) is 8.47. The van der Waals surface area contributed by atoms with Gasteiger partial charge in [-0.25, -0.2) is 4.98 Å². The SMILES string of the molecule is CCc1nsc(NCc2cccnc2)n1. The molecule has 0 spiro atoms.